The molecule has 15 nitrogen and oxygen atoms in total. The van der Waals surface area contributed by atoms with Crippen LogP contribution in [-0.2, 0) is 30.4 Å². The van der Waals surface area contributed by atoms with Crippen molar-refractivity contribution < 1.29 is 53.2 Å². The second kappa shape index (κ2) is 11.0. The van der Waals surface area contributed by atoms with Crippen molar-refractivity contribution in [1.29, 1.82) is 5.41 Å². The van der Waals surface area contributed by atoms with Crippen LogP contribution in [0.1, 0.15) is 28.9 Å². The Bertz CT molecular complexity index is 2160. The van der Waals surface area contributed by atoms with Crippen molar-refractivity contribution in [2.45, 2.75) is 22.8 Å². The van der Waals surface area contributed by atoms with E-state index in [-0.39, 0.29) is 33.2 Å². The fourth-order valence-corrected chi connectivity index (χ4v) is 6.56. The third-order valence-corrected chi connectivity index (χ3v) is 9.13. The van der Waals surface area contributed by atoms with Crippen LogP contribution in [0.4, 0.5) is 5.69 Å². The van der Waals surface area contributed by atoms with Crippen molar-refractivity contribution in [2.75, 3.05) is 25.1 Å². The van der Waals surface area contributed by atoms with Crippen molar-refractivity contribution in [3.8, 4) is 22.5 Å². The van der Waals surface area contributed by atoms with Crippen LogP contribution in [0.2, 0.25) is 0 Å². The van der Waals surface area contributed by atoms with Gasteiger partial charge in [-0.3, -0.25) is 23.9 Å². The number of benzene rings is 3. The fraction of sp³-hybridized carbons (Fsp3) is 0.200. The van der Waals surface area contributed by atoms with E-state index >= 15 is 0 Å². The molecular weight excluding hydrogens is 630 g/mol. The number of aliphatic hydroxyl groups excluding tert-OH is 1. The van der Waals surface area contributed by atoms with E-state index in [1.807, 2.05) is 0 Å². The highest BCUT2D eigenvalue weighted by atomic mass is 32.2. The summed E-state index contributed by atoms with van der Waals surface area (Å²) in [5.41, 5.74) is 4.53. The molecule has 2 aromatic rings. The van der Waals surface area contributed by atoms with Crippen LogP contribution >= 0.6 is 0 Å². The minimum atomic E-state index is -5.18. The SMILES string of the molecule is CC(O)c1ccc(-c2c3ccc(=N)c(S(=O)(=O)O)c-3oc3c(S(=O)(=O)O)c(N)ccc23)c(C(=O)N(C)CCS(=O)(=O)O)c1. The number of nitrogen functional groups attached to an aromatic ring is 1. The van der Waals surface area contributed by atoms with Gasteiger partial charge in [-0.1, -0.05) is 12.1 Å². The summed E-state index contributed by atoms with van der Waals surface area (Å²) in [6, 6.07) is 8.68. The lowest BCUT2D eigenvalue weighted by atomic mass is 9.88. The number of fused-ring (bicyclic) bond motifs is 2. The van der Waals surface area contributed by atoms with Crippen LogP contribution < -0.4 is 11.1 Å². The topological polar surface area (TPSA) is 267 Å². The summed E-state index contributed by atoms with van der Waals surface area (Å²) in [5.74, 6) is -2.33. The molecule has 43 heavy (non-hydrogen) atoms. The first-order valence-corrected chi connectivity index (χ1v) is 16.6. The molecule has 1 amide bonds. The molecule has 0 saturated carbocycles. The van der Waals surface area contributed by atoms with Crippen LogP contribution in [0.3, 0.4) is 0 Å². The molecule has 0 aromatic heterocycles. The van der Waals surface area contributed by atoms with Gasteiger partial charge in [0.2, 0.25) is 0 Å². The standard InChI is InChI=1S/C25H25N3O12S3/c1-12(29)13-3-4-14(17(11-13)25(30)28(2)9-10-41(31,32)33)20-15-5-7-18(26)23(42(34,35)36)21(15)40-22-16(20)6-8-19(27)24(22)43(37,38)39/h3-8,11-12,26,29H,9-10,27H2,1-2H3,(H,31,32,33)(H,34,35,36)(H,37,38,39). The number of rotatable bonds is 8. The molecule has 0 bridgehead atoms. The maximum Gasteiger partial charge on any atom is 0.300 e. The van der Waals surface area contributed by atoms with E-state index in [4.69, 9.17) is 20.1 Å². The van der Waals surface area contributed by atoms with Gasteiger partial charge >= 0.3 is 0 Å². The molecule has 7 N–H and O–H groups in total. The lowest BCUT2D eigenvalue weighted by Gasteiger charge is -2.23. The maximum atomic E-state index is 13.7. The van der Waals surface area contributed by atoms with Crippen LogP contribution in [0, 0.1) is 5.41 Å². The molecule has 0 spiro atoms. The van der Waals surface area contributed by atoms with Gasteiger partial charge in [0.05, 0.1) is 22.9 Å². The average Bonchev–Trinajstić information content (AvgIpc) is 2.87. The minimum absolute atomic E-state index is 0.0102. The smallest absolute Gasteiger partial charge is 0.300 e. The highest BCUT2D eigenvalue weighted by molar-refractivity contribution is 7.86. The highest BCUT2D eigenvalue weighted by Gasteiger charge is 2.32. The summed E-state index contributed by atoms with van der Waals surface area (Å²) in [4.78, 5) is 12.6. The number of amides is 1. The molecule has 230 valence electrons. The molecule has 0 radical (unpaired) electrons. The normalized spacial score (nSPS) is 13.3. The number of anilines is 1. The molecule has 1 aliphatic carbocycles. The third-order valence-electron chi connectivity index (χ3n) is 6.57. The predicted molar refractivity (Wildman–Crippen MR) is 152 cm³/mol. The van der Waals surface area contributed by atoms with Gasteiger partial charge < -0.3 is 20.2 Å². The van der Waals surface area contributed by atoms with Gasteiger partial charge in [0.25, 0.3) is 36.3 Å². The number of nitrogens with two attached hydrogens (primary N) is 1. The first-order valence-electron chi connectivity index (χ1n) is 12.1. The van der Waals surface area contributed by atoms with E-state index in [1.54, 1.807) is 0 Å². The lowest BCUT2D eigenvalue weighted by molar-refractivity contribution is 0.0803. The Morgan fingerprint density at radius 3 is 2.12 bits per heavy atom. The Balaban J connectivity index is 2.23. The molecule has 1 heterocycles. The highest BCUT2D eigenvalue weighted by Crippen LogP contribution is 2.46. The number of carbonyl (C=O) groups excluding carboxylic acids is 1. The zero-order valence-electron chi connectivity index (χ0n) is 22.3. The summed E-state index contributed by atoms with van der Waals surface area (Å²) in [6.07, 6.45) is -1.09. The van der Waals surface area contributed by atoms with Gasteiger partial charge in [0.1, 0.15) is 0 Å². The molecule has 2 aromatic carbocycles. The van der Waals surface area contributed by atoms with Gasteiger partial charge in [-0.15, -0.1) is 0 Å². The first-order chi connectivity index (χ1) is 19.7. The van der Waals surface area contributed by atoms with E-state index in [2.05, 4.69) is 0 Å². The number of carbonyl (C=O) groups is 1. The Labute approximate surface area is 245 Å². The zero-order chi connectivity index (χ0) is 32.2. The van der Waals surface area contributed by atoms with Gasteiger partial charge in [-0.25, -0.2) is 0 Å². The first kappa shape index (κ1) is 32.0. The number of hydrogen-bond acceptors (Lipinski definition) is 11. The molecule has 0 saturated heterocycles. The second-order valence-electron chi connectivity index (χ2n) is 9.60. The van der Waals surface area contributed by atoms with E-state index in [0.717, 1.165) is 17.0 Å². The summed E-state index contributed by atoms with van der Waals surface area (Å²) in [6.45, 7) is 0.951. The van der Waals surface area contributed by atoms with Crippen LogP contribution in [0.5, 0.6) is 0 Å². The van der Waals surface area contributed by atoms with Gasteiger partial charge in [-0.2, -0.15) is 25.3 Å². The Morgan fingerprint density at radius 2 is 1.56 bits per heavy atom. The summed E-state index contributed by atoms with van der Waals surface area (Å²) >= 11 is 0. The van der Waals surface area contributed by atoms with Crippen LogP contribution in [-0.4, -0.2) is 74.2 Å². The van der Waals surface area contributed by atoms with Gasteiger partial charge in [0, 0.05) is 35.7 Å². The average molecular weight is 656 g/mol. The molecule has 18 heteroatoms. The van der Waals surface area contributed by atoms with Crippen molar-refractivity contribution >= 4 is 52.9 Å². The summed E-state index contributed by atoms with van der Waals surface area (Å²) in [7, 11) is -13.5. The fourth-order valence-electron chi connectivity index (χ4n) is 4.57. The van der Waals surface area contributed by atoms with E-state index in [9.17, 15) is 44.3 Å². The van der Waals surface area contributed by atoms with Crippen LogP contribution in [0.15, 0.2) is 56.7 Å². The van der Waals surface area contributed by atoms with Crippen molar-refractivity contribution in [3.05, 3.63) is 58.9 Å². The van der Waals surface area contributed by atoms with Crippen molar-refractivity contribution in [2.24, 2.45) is 0 Å². The number of aliphatic hydroxyl groups is 1. The Hall–Kier alpha value is -3.91. The largest absolute Gasteiger partial charge is 0.453 e. The van der Waals surface area contributed by atoms with E-state index in [0.29, 0.717) is 0 Å². The maximum absolute atomic E-state index is 13.7. The monoisotopic (exact) mass is 655 g/mol. The molecule has 4 rings (SSSR count). The predicted octanol–water partition coefficient (Wildman–Crippen LogP) is 1.77. The molecule has 1 unspecified atom stereocenters. The lowest BCUT2D eigenvalue weighted by Crippen LogP contribution is -2.32. The van der Waals surface area contributed by atoms with Crippen molar-refractivity contribution in [1.82, 2.24) is 4.90 Å². The van der Waals surface area contributed by atoms with Crippen LogP contribution in [0.25, 0.3) is 33.4 Å². The number of nitrogens with zero attached hydrogens (tertiary/aromatic N) is 1. The third kappa shape index (κ3) is 6.25. The molecule has 1 aliphatic heterocycles. The Morgan fingerprint density at radius 1 is 0.953 bits per heavy atom. The van der Waals surface area contributed by atoms with Gasteiger partial charge in [-0.05, 0) is 48.4 Å². The zero-order valence-corrected chi connectivity index (χ0v) is 24.8. The molecule has 0 fully saturated rings. The number of nitrogens with one attached hydrogen (secondary N) is 1. The molecular formula is C25H25N3O12S3. The quantitative estimate of drug-likeness (QED) is 0.0899. The Kier molecular flexibility index (Phi) is 8.17. The van der Waals surface area contributed by atoms with Crippen molar-refractivity contribution in [3.63, 3.8) is 0 Å². The summed E-state index contributed by atoms with van der Waals surface area (Å²) < 4.78 is 107. The van der Waals surface area contributed by atoms with Gasteiger partial charge in [0.15, 0.2) is 21.1 Å². The summed E-state index contributed by atoms with van der Waals surface area (Å²) in [5, 5.41) is 17.5. The van der Waals surface area contributed by atoms with E-state index < -0.39 is 86.8 Å². The number of hydrogen-bond donors (Lipinski definition) is 6. The molecule has 2 aliphatic rings. The minimum Gasteiger partial charge on any atom is -0.453 e. The molecule has 1 atom stereocenters. The second-order valence-corrected chi connectivity index (χ2v) is 13.9. The van der Waals surface area contributed by atoms with E-state index in [1.165, 1.54) is 44.3 Å².